The lowest BCUT2D eigenvalue weighted by molar-refractivity contribution is 0.0599. The van der Waals surface area contributed by atoms with E-state index in [9.17, 15) is 4.79 Å². The molecule has 0 saturated carbocycles. The molecule has 0 fully saturated rings. The number of methoxy groups -OCH3 is 1. The Labute approximate surface area is 117 Å². The number of hydrogen-bond donors (Lipinski definition) is 0. The normalized spacial score (nSPS) is 10.4. The lowest BCUT2D eigenvalue weighted by atomic mass is 10.1. The van der Waals surface area contributed by atoms with Gasteiger partial charge in [0.2, 0.25) is 0 Å². The third kappa shape index (κ3) is 2.28. The molecular weight excluding hydrogens is 321 g/mol. The molecule has 0 saturated heterocycles. The highest BCUT2D eigenvalue weighted by Crippen LogP contribution is 2.33. The Morgan fingerprint density at radius 2 is 2.22 bits per heavy atom. The average molecular weight is 331 g/mol. The molecule has 0 aliphatic heterocycles. The van der Waals surface area contributed by atoms with Gasteiger partial charge in [-0.3, -0.25) is 0 Å². The van der Waals surface area contributed by atoms with E-state index in [1.807, 2.05) is 6.07 Å². The van der Waals surface area contributed by atoms with E-state index < -0.39 is 5.97 Å². The summed E-state index contributed by atoms with van der Waals surface area (Å²) >= 11 is 9.44. The number of ether oxygens (including phenoxy) is 1. The van der Waals surface area contributed by atoms with Crippen LogP contribution < -0.4 is 0 Å². The fraction of sp³-hybridized carbons (Fsp3) is 0.167. The maximum atomic E-state index is 11.7. The van der Waals surface area contributed by atoms with Gasteiger partial charge in [-0.2, -0.15) is 0 Å². The molecule has 0 unspecified atom stereocenters. The molecule has 0 radical (unpaired) electrons. The smallest absolute Gasteiger partial charge is 0.343 e. The first-order valence-electron chi connectivity index (χ1n) is 5.04. The van der Waals surface area contributed by atoms with Crippen LogP contribution in [0.4, 0.5) is 0 Å². The van der Waals surface area contributed by atoms with E-state index in [1.54, 1.807) is 19.1 Å². The first kappa shape index (κ1) is 13.1. The van der Waals surface area contributed by atoms with Crippen molar-refractivity contribution in [1.29, 1.82) is 0 Å². The summed E-state index contributed by atoms with van der Waals surface area (Å²) in [5.41, 5.74) is 1.30. The highest BCUT2D eigenvalue weighted by molar-refractivity contribution is 9.10. The van der Waals surface area contributed by atoms with Crippen LogP contribution in [0.3, 0.4) is 0 Å². The van der Waals surface area contributed by atoms with Gasteiger partial charge >= 0.3 is 5.97 Å². The summed E-state index contributed by atoms with van der Waals surface area (Å²) in [6, 6.07) is 5.30. The maximum Gasteiger partial charge on any atom is 0.343 e. The molecular formula is C12H9BrClNO3. The van der Waals surface area contributed by atoms with Gasteiger partial charge in [0.1, 0.15) is 17.0 Å². The summed E-state index contributed by atoms with van der Waals surface area (Å²) < 4.78 is 10.6. The molecule has 2 rings (SSSR count). The van der Waals surface area contributed by atoms with Crippen molar-refractivity contribution in [1.82, 2.24) is 5.16 Å². The van der Waals surface area contributed by atoms with E-state index in [0.717, 1.165) is 4.47 Å². The van der Waals surface area contributed by atoms with Crippen LogP contribution >= 0.6 is 27.5 Å². The minimum Gasteiger partial charge on any atom is -0.465 e. The number of aromatic nitrogens is 1. The molecule has 0 aliphatic rings. The minimum absolute atomic E-state index is 0.293. The summed E-state index contributed by atoms with van der Waals surface area (Å²) in [4.78, 5) is 11.7. The van der Waals surface area contributed by atoms with Gasteiger partial charge < -0.3 is 9.26 Å². The third-order valence-electron chi connectivity index (χ3n) is 2.44. The van der Waals surface area contributed by atoms with Gasteiger partial charge in [-0.1, -0.05) is 38.8 Å². The zero-order valence-corrected chi connectivity index (χ0v) is 12.0. The van der Waals surface area contributed by atoms with Crippen LogP contribution in [0.25, 0.3) is 11.3 Å². The lowest BCUT2D eigenvalue weighted by Crippen LogP contribution is -2.03. The van der Waals surface area contributed by atoms with Crippen LogP contribution in [-0.4, -0.2) is 18.2 Å². The molecule has 0 N–H and O–H groups in total. The number of carbonyl (C=O) groups is 1. The van der Waals surface area contributed by atoms with E-state index >= 15 is 0 Å². The van der Waals surface area contributed by atoms with Crippen LogP contribution in [0.1, 0.15) is 16.1 Å². The Morgan fingerprint density at radius 1 is 1.50 bits per heavy atom. The van der Waals surface area contributed by atoms with Crippen LogP contribution in [0.15, 0.2) is 27.2 Å². The maximum absolute atomic E-state index is 11.7. The second-order valence-corrected chi connectivity index (χ2v) is 4.90. The predicted molar refractivity (Wildman–Crippen MR) is 70.7 cm³/mol. The zero-order chi connectivity index (χ0) is 13.3. The summed E-state index contributed by atoms with van der Waals surface area (Å²) in [5.74, 6) is -0.0985. The topological polar surface area (TPSA) is 52.3 Å². The Kier molecular flexibility index (Phi) is 3.73. The Hall–Kier alpha value is -1.33. The monoisotopic (exact) mass is 329 g/mol. The van der Waals surface area contributed by atoms with E-state index in [4.69, 9.17) is 20.9 Å². The molecule has 0 aliphatic carbocycles. The average Bonchev–Trinajstić information content (AvgIpc) is 2.70. The van der Waals surface area contributed by atoms with Crippen LogP contribution in [-0.2, 0) is 4.74 Å². The van der Waals surface area contributed by atoms with Crippen molar-refractivity contribution in [3.05, 3.63) is 39.0 Å². The van der Waals surface area contributed by atoms with Gasteiger partial charge in [0.25, 0.3) is 0 Å². The number of halogens is 2. The molecule has 0 atom stereocenters. The van der Waals surface area contributed by atoms with Crippen molar-refractivity contribution in [3.63, 3.8) is 0 Å². The molecule has 4 nitrogen and oxygen atoms in total. The van der Waals surface area contributed by atoms with Crippen LogP contribution in [0.5, 0.6) is 0 Å². The summed E-state index contributed by atoms with van der Waals surface area (Å²) in [6.45, 7) is 1.65. The second kappa shape index (κ2) is 5.12. The van der Waals surface area contributed by atoms with Gasteiger partial charge in [0.05, 0.1) is 12.1 Å². The standard InChI is InChI=1S/C12H9BrClNO3/c1-6-10(12(16)17-2)11(15-18-6)8-4-3-7(13)5-9(8)14/h3-5H,1-2H3. The van der Waals surface area contributed by atoms with Gasteiger partial charge in [-0.25, -0.2) is 4.79 Å². The Balaban J connectivity index is 2.61. The molecule has 1 aromatic carbocycles. The number of aryl methyl sites for hydroxylation is 1. The van der Waals surface area contributed by atoms with E-state index in [2.05, 4.69) is 21.1 Å². The number of esters is 1. The molecule has 1 aromatic heterocycles. The fourth-order valence-electron chi connectivity index (χ4n) is 1.58. The Morgan fingerprint density at radius 3 is 2.83 bits per heavy atom. The molecule has 0 amide bonds. The number of carbonyl (C=O) groups excluding carboxylic acids is 1. The molecule has 0 bridgehead atoms. The second-order valence-electron chi connectivity index (χ2n) is 3.58. The number of nitrogens with zero attached hydrogens (tertiary/aromatic N) is 1. The molecule has 2 aromatic rings. The largest absolute Gasteiger partial charge is 0.465 e. The van der Waals surface area contributed by atoms with Gasteiger partial charge in [0, 0.05) is 10.0 Å². The van der Waals surface area contributed by atoms with E-state index in [-0.39, 0.29) is 0 Å². The summed E-state index contributed by atoms with van der Waals surface area (Å²) in [6.07, 6.45) is 0. The first-order valence-corrected chi connectivity index (χ1v) is 6.21. The van der Waals surface area contributed by atoms with Gasteiger partial charge in [-0.05, 0) is 19.1 Å². The zero-order valence-electron chi connectivity index (χ0n) is 9.66. The van der Waals surface area contributed by atoms with Gasteiger partial charge in [-0.15, -0.1) is 0 Å². The predicted octanol–water partition coefficient (Wildman–Crippen LogP) is 3.85. The van der Waals surface area contributed by atoms with Gasteiger partial charge in [0.15, 0.2) is 0 Å². The quantitative estimate of drug-likeness (QED) is 0.785. The molecule has 0 spiro atoms. The van der Waals surface area contributed by atoms with Crippen molar-refractivity contribution >= 4 is 33.5 Å². The third-order valence-corrected chi connectivity index (χ3v) is 3.24. The van der Waals surface area contributed by atoms with Crippen molar-refractivity contribution in [2.24, 2.45) is 0 Å². The van der Waals surface area contributed by atoms with Crippen molar-refractivity contribution in [2.75, 3.05) is 7.11 Å². The first-order chi connectivity index (χ1) is 8.54. The number of benzene rings is 1. The lowest BCUT2D eigenvalue weighted by Gasteiger charge is -2.03. The highest BCUT2D eigenvalue weighted by atomic mass is 79.9. The number of hydrogen-bond acceptors (Lipinski definition) is 4. The van der Waals surface area contributed by atoms with Crippen molar-refractivity contribution in [2.45, 2.75) is 6.92 Å². The van der Waals surface area contributed by atoms with Crippen LogP contribution in [0.2, 0.25) is 5.02 Å². The SMILES string of the molecule is COC(=O)c1c(-c2ccc(Br)cc2Cl)noc1C. The van der Waals surface area contributed by atoms with E-state index in [1.165, 1.54) is 7.11 Å². The number of rotatable bonds is 2. The van der Waals surface area contributed by atoms with E-state index in [0.29, 0.717) is 27.6 Å². The van der Waals surface area contributed by atoms with Crippen molar-refractivity contribution in [3.8, 4) is 11.3 Å². The highest BCUT2D eigenvalue weighted by Gasteiger charge is 2.23. The summed E-state index contributed by atoms with van der Waals surface area (Å²) in [5, 5.41) is 4.34. The minimum atomic E-state index is -0.497. The fourth-order valence-corrected chi connectivity index (χ4v) is 2.34. The van der Waals surface area contributed by atoms with Crippen LogP contribution in [0, 0.1) is 6.92 Å². The molecule has 18 heavy (non-hydrogen) atoms. The molecule has 6 heteroatoms. The Bertz CT molecular complexity index is 609. The summed E-state index contributed by atoms with van der Waals surface area (Å²) in [7, 11) is 1.31. The molecule has 1 heterocycles. The van der Waals surface area contributed by atoms with Crippen molar-refractivity contribution < 1.29 is 14.1 Å². The molecule has 94 valence electrons.